The van der Waals surface area contributed by atoms with E-state index in [4.69, 9.17) is 18.9 Å². The third kappa shape index (κ3) is 3.80. The summed E-state index contributed by atoms with van der Waals surface area (Å²) in [6, 6.07) is 5.31. The molecule has 2 aliphatic rings. The number of ether oxygens (including phenoxy) is 4. The highest BCUT2D eigenvalue weighted by Crippen LogP contribution is 2.31. The lowest BCUT2D eigenvalue weighted by molar-refractivity contribution is -0.185. The molecule has 0 bridgehead atoms. The first-order chi connectivity index (χ1) is 11.6. The summed E-state index contributed by atoms with van der Waals surface area (Å²) >= 11 is 0. The van der Waals surface area contributed by atoms with Gasteiger partial charge >= 0.3 is 0 Å². The van der Waals surface area contributed by atoms with Crippen LogP contribution in [0.3, 0.4) is 0 Å². The molecule has 1 N–H and O–H groups in total. The summed E-state index contributed by atoms with van der Waals surface area (Å²) in [4.78, 5) is 14.4. The van der Waals surface area contributed by atoms with Crippen molar-refractivity contribution in [2.45, 2.75) is 18.6 Å². The molecule has 0 atom stereocenters. The lowest BCUT2D eigenvalue weighted by Gasteiger charge is -2.37. The molecule has 24 heavy (non-hydrogen) atoms. The Labute approximate surface area is 141 Å². The molecule has 0 radical (unpaired) electrons. The first kappa shape index (κ1) is 17.0. The summed E-state index contributed by atoms with van der Waals surface area (Å²) in [5, 5.41) is 2.90. The molecule has 7 nitrogen and oxygen atoms in total. The minimum absolute atomic E-state index is 0.0670. The molecule has 0 aliphatic carbocycles. The number of carbonyl (C=O) groups excluding carboxylic acids is 1. The van der Waals surface area contributed by atoms with E-state index in [1.165, 1.54) is 0 Å². The van der Waals surface area contributed by atoms with Crippen molar-refractivity contribution in [1.82, 2.24) is 4.90 Å². The van der Waals surface area contributed by atoms with Crippen LogP contribution in [0.5, 0.6) is 11.5 Å². The molecular formula is C17H24N2O5. The molecule has 0 unspecified atom stereocenters. The molecule has 132 valence electrons. The Morgan fingerprint density at radius 3 is 2.54 bits per heavy atom. The van der Waals surface area contributed by atoms with Gasteiger partial charge < -0.3 is 24.3 Å². The van der Waals surface area contributed by atoms with E-state index in [0.29, 0.717) is 36.9 Å². The normalized spacial score (nSPS) is 20.1. The van der Waals surface area contributed by atoms with Crippen molar-refractivity contribution in [1.29, 1.82) is 0 Å². The smallest absolute Gasteiger partial charge is 0.238 e. The standard InChI is InChI=1S/C17H24N2O5/c1-21-13-3-4-14(15(11-13)22-2)18-16(20)12-19-7-5-17(6-8-19)23-9-10-24-17/h3-4,11H,5-10,12H2,1-2H3,(H,18,20). The maximum Gasteiger partial charge on any atom is 0.238 e. The number of nitrogens with one attached hydrogen (secondary N) is 1. The van der Waals surface area contributed by atoms with Crippen LogP contribution < -0.4 is 14.8 Å². The van der Waals surface area contributed by atoms with E-state index in [1.54, 1.807) is 32.4 Å². The second-order valence-corrected chi connectivity index (χ2v) is 6.00. The van der Waals surface area contributed by atoms with Crippen LogP contribution in [0.25, 0.3) is 0 Å². The Bertz CT molecular complexity index is 576. The SMILES string of the molecule is COc1ccc(NC(=O)CN2CCC3(CC2)OCCO3)c(OC)c1. The topological polar surface area (TPSA) is 69.3 Å². The van der Waals surface area contributed by atoms with Gasteiger partial charge in [0.05, 0.1) is 39.7 Å². The summed E-state index contributed by atoms with van der Waals surface area (Å²) in [7, 11) is 3.16. The number of benzene rings is 1. The molecule has 2 aliphatic heterocycles. The second-order valence-electron chi connectivity index (χ2n) is 6.00. The Hall–Kier alpha value is -1.83. The quantitative estimate of drug-likeness (QED) is 0.878. The fraction of sp³-hybridized carbons (Fsp3) is 0.588. The van der Waals surface area contributed by atoms with E-state index in [1.807, 2.05) is 0 Å². The van der Waals surface area contributed by atoms with Crippen molar-refractivity contribution in [2.24, 2.45) is 0 Å². The number of hydrogen-bond donors (Lipinski definition) is 1. The van der Waals surface area contributed by atoms with Gasteiger partial charge in [-0.05, 0) is 12.1 Å². The maximum absolute atomic E-state index is 12.3. The Kier molecular flexibility index (Phi) is 5.23. The molecule has 1 spiro atoms. The number of amides is 1. The van der Waals surface area contributed by atoms with Crippen LogP contribution in [0.1, 0.15) is 12.8 Å². The van der Waals surface area contributed by atoms with Crippen LogP contribution >= 0.6 is 0 Å². The van der Waals surface area contributed by atoms with Crippen LogP contribution in [0.2, 0.25) is 0 Å². The number of carbonyl (C=O) groups is 1. The third-order valence-corrected chi connectivity index (χ3v) is 4.48. The van der Waals surface area contributed by atoms with Gasteiger partial charge in [0.2, 0.25) is 5.91 Å². The zero-order valence-electron chi connectivity index (χ0n) is 14.2. The van der Waals surface area contributed by atoms with Crippen molar-refractivity contribution in [3.8, 4) is 11.5 Å². The molecular weight excluding hydrogens is 312 g/mol. The predicted molar refractivity (Wildman–Crippen MR) is 88.5 cm³/mol. The van der Waals surface area contributed by atoms with Crippen LogP contribution in [-0.2, 0) is 14.3 Å². The number of hydrogen-bond acceptors (Lipinski definition) is 6. The number of piperidine rings is 1. The highest BCUT2D eigenvalue weighted by Gasteiger charge is 2.39. The minimum Gasteiger partial charge on any atom is -0.497 e. The lowest BCUT2D eigenvalue weighted by atomic mass is 10.0. The molecule has 3 rings (SSSR count). The highest BCUT2D eigenvalue weighted by molar-refractivity contribution is 5.93. The van der Waals surface area contributed by atoms with Crippen LogP contribution in [0, 0.1) is 0 Å². The molecule has 7 heteroatoms. The van der Waals surface area contributed by atoms with Gasteiger partial charge in [-0.2, -0.15) is 0 Å². The van der Waals surface area contributed by atoms with Gasteiger partial charge in [-0.25, -0.2) is 0 Å². The average molecular weight is 336 g/mol. The Balaban J connectivity index is 1.53. The number of likely N-dealkylation sites (tertiary alicyclic amines) is 1. The summed E-state index contributed by atoms with van der Waals surface area (Å²) in [6.45, 7) is 3.24. The van der Waals surface area contributed by atoms with Crippen molar-refractivity contribution >= 4 is 11.6 Å². The molecule has 0 aromatic heterocycles. The predicted octanol–water partition coefficient (Wildman–Crippen LogP) is 1.48. The van der Waals surface area contributed by atoms with E-state index in [0.717, 1.165) is 25.9 Å². The maximum atomic E-state index is 12.3. The lowest BCUT2D eigenvalue weighted by Crippen LogP contribution is -2.47. The zero-order chi connectivity index (χ0) is 17.0. The number of nitrogens with zero attached hydrogens (tertiary/aromatic N) is 1. The van der Waals surface area contributed by atoms with Gasteiger partial charge in [0, 0.05) is 32.0 Å². The molecule has 2 fully saturated rings. The largest absolute Gasteiger partial charge is 0.497 e. The third-order valence-electron chi connectivity index (χ3n) is 4.48. The molecule has 2 heterocycles. The summed E-state index contributed by atoms with van der Waals surface area (Å²) in [5.74, 6) is 0.782. The van der Waals surface area contributed by atoms with Gasteiger partial charge in [-0.15, -0.1) is 0 Å². The summed E-state index contributed by atoms with van der Waals surface area (Å²) < 4.78 is 21.9. The number of methoxy groups -OCH3 is 2. The fourth-order valence-corrected chi connectivity index (χ4v) is 3.13. The fourth-order valence-electron chi connectivity index (χ4n) is 3.13. The number of rotatable bonds is 5. The molecule has 1 aromatic rings. The number of anilines is 1. The van der Waals surface area contributed by atoms with E-state index in [2.05, 4.69) is 10.2 Å². The van der Waals surface area contributed by atoms with Crippen LogP contribution in [0.15, 0.2) is 18.2 Å². The van der Waals surface area contributed by atoms with Crippen LogP contribution in [0.4, 0.5) is 5.69 Å². The van der Waals surface area contributed by atoms with Gasteiger partial charge in [-0.1, -0.05) is 0 Å². The molecule has 0 saturated carbocycles. The van der Waals surface area contributed by atoms with E-state index in [9.17, 15) is 4.79 Å². The van der Waals surface area contributed by atoms with E-state index < -0.39 is 5.79 Å². The van der Waals surface area contributed by atoms with Crippen molar-refractivity contribution in [2.75, 3.05) is 52.4 Å². The minimum atomic E-state index is -0.411. The van der Waals surface area contributed by atoms with Gasteiger partial charge in [0.25, 0.3) is 0 Å². The van der Waals surface area contributed by atoms with Crippen molar-refractivity contribution in [3.63, 3.8) is 0 Å². The van der Waals surface area contributed by atoms with Crippen molar-refractivity contribution < 1.29 is 23.7 Å². The van der Waals surface area contributed by atoms with E-state index >= 15 is 0 Å². The summed E-state index contributed by atoms with van der Waals surface area (Å²) in [6.07, 6.45) is 1.60. The van der Waals surface area contributed by atoms with E-state index in [-0.39, 0.29) is 5.91 Å². The second kappa shape index (κ2) is 7.38. The van der Waals surface area contributed by atoms with Crippen molar-refractivity contribution in [3.05, 3.63) is 18.2 Å². The first-order valence-corrected chi connectivity index (χ1v) is 8.16. The monoisotopic (exact) mass is 336 g/mol. The van der Waals surface area contributed by atoms with Crippen LogP contribution in [-0.4, -0.2) is 63.7 Å². The summed E-state index contributed by atoms with van der Waals surface area (Å²) in [5.41, 5.74) is 0.638. The average Bonchev–Trinajstić information content (AvgIpc) is 3.06. The molecule has 1 amide bonds. The van der Waals surface area contributed by atoms with Gasteiger partial charge in [0.1, 0.15) is 11.5 Å². The van der Waals surface area contributed by atoms with Gasteiger partial charge in [0.15, 0.2) is 5.79 Å². The molecule has 2 saturated heterocycles. The van der Waals surface area contributed by atoms with Gasteiger partial charge in [-0.3, -0.25) is 9.69 Å². The zero-order valence-corrected chi connectivity index (χ0v) is 14.2. The Morgan fingerprint density at radius 1 is 1.21 bits per heavy atom. The highest BCUT2D eigenvalue weighted by atomic mass is 16.7. The first-order valence-electron chi connectivity index (χ1n) is 8.16. The Morgan fingerprint density at radius 2 is 1.92 bits per heavy atom. The molecule has 1 aromatic carbocycles.